The number of methoxy groups -OCH3 is 2. The zero-order valence-electron chi connectivity index (χ0n) is 19.5. The zero-order valence-corrected chi connectivity index (χ0v) is 20.3. The van der Waals surface area contributed by atoms with Crippen LogP contribution >= 0.6 is 11.6 Å². The first-order valence-corrected chi connectivity index (χ1v) is 11.7. The maximum Gasteiger partial charge on any atom is 0.250 e. The third kappa shape index (κ3) is 3.41. The summed E-state index contributed by atoms with van der Waals surface area (Å²) in [7, 11) is 3.08. The molecule has 3 aliphatic heterocycles. The lowest BCUT2D eigenvalue weighted by Gasteiger charge is -2.30. The second-order valence-corrected chi connectivity index (χ2v) is 9.57. The maximum absolute atomic E-state index is 13.7. The van der Waals surface area contributed by atoms with Crippen LogP contribution in [-0.4, -0.2) is 60.6 Å². The predicted molar refractivity (Wildman–Crippen MR) is 127 cm³/mol. The van der Waals surface area contributed by atoms with Gasteiger partial charge in [-0.1, -0.05) is 17.7 Å². The summed E-state index contributed by atoms with van der Waals surface area (Å²) in [5, 5.41) is 16.9. The van der Waals surface area contributed by atoms with E-state index in [2.05, 4.69) is 10.6 Å². The standard InChI is InChI=1S/C25H26ClN3O6/c1-12(30)21-19-20(25(28-21)15-11-14(26)5-6-16(15)27-24(25)33)23(32)29(22(19)31)9-8-13-4-7-17(34-2)18(10-13)35-3/h4-7,10-12,19-21,28,30H,8-9H2,1-3H3,(H,27,33)/t12-,19+,20+,21+,25-/m1/s1. The topological polar surface area (TPSA) is 117 Å². The number of amides is 3. The van der Waals surface area contributed by atoms with Gasteiger partial charge >= 0.3 is 0 Å². The highest BCUT2D eigenvalue weighted by Gasteiger charge is 2.71. The van der Waals surface area contributed by atoms with Crippen molar-refractivity contribution in [2.75, 3.05) is 26.1 Å². The van der Waals surface area contributed by atoms with Crippen molar-refractivity contribution in [2.24, 2.45) is 11.8 Å². The number of hydrogen-bond donors (Lipinski definition) is 3. The van der Waals surface area contributed by atoms with Gasteiger partial charge in [0, 0.05) is 28.9 Å². The number of aliphatic hydroxyl groups is 1. The third-order valence-corrected chi connectivity index (χ3v) is 7.53. The van der Waals surface area contributed by atoms with Gasteiger partial charge in [-0.05, 0) is 49.2 Å². The fourth-order valence-electron chi connectivity index (χ4n) is 5.68. The Morgan fingerprint density at radius 3 is 2.51 bits per heavy atom. The van der Waals surface area contributed by atoms with Gasteiger partial charge in [-0.2, -0.15) is 0 Å². The number of ether oxygens (including phenoxy) is 2. The summed E-state index contributed by atoms with van der Waals surface area (Å²) in [5.41, 5.74) is 0.408. The van der Waals surface area contributed by atoms with E-state index in [0.717, 1.165) is 5.56 Å². The van der Waals surface area contributed by atoms with Crippen LogP contribution in [-0.2, 0) is 26.3 Å². The van der Waals surface area contributed by atoms with Crippen LogP contribution in [0.15, 0.2) is 36.4 Å². The minimum Gasteiger partial charge on any atom is -0.493 e. The number of anilines is 1. The average Bonchev–Trinajstić information content (AvgIpc) is 3.43. The maximum atomic E-state index is 13.7. The van der Waals surface area contributed by atoms with Gasteiger partial charge in [-0.25, -0.2) is 0 Å². The third-order valence-electron chi connectivity index (χ3n) is 7.29. The van der Waals surface area contributed by atoms with Crippen molar-refractivity contribution in [2.45, 2.75) is 31.0 Å². The number of carbonyl (C=O) groups is 3. The molecule has 0 aromatic heterocycles. The van der Waals surface area contributed by atoms with Gasteiger partial charge < -0.3 is 19.9 Å². The zero-order chi connectivity index (χ0) is 25.1. The predicted octanol–water partition coefficient (Wildman–Crippen LogP) is 1.70. The molecular weight excluding hydrogens is 474 g/mol. The van der Waals surface area contributed by atoms with Crippen LogP contribution in [0.1, 0.15) is 18.1 Å². The molecule has 3 amide bonds. The van der Waals surface area contributed by atoms with Crippen molar-refractivity contribution < 1.29 is 29.0 Å². The largest absolute Gasteiger partial charge is 0.493 e. The molecule has 3 heterocycles. The van der Waals surface area contributed by atoms with Gasteiger partial charge in [0.05, 0.1) is 32.2 Å². The molecule has 0 unspecified atom stereocenters. The number of likely N-dealkylation sites (tertiary alicyclic amines) is 1. The number of benzene rings is 2. The molecule has 3 aliphatic rings. The number of aliphatic hydroxyl groups excluding tert-OH is 1. The van der Waals surface area contributed by atoms with Crippen molar-refractivity contribution in [1.82, 2.24) is 10.2 Å². The minimum atomic E-state index is -1.49. The molecule has 0 bridgehead atoms. The van der Waals surface area contributed by atoms with Crippen LogP contribution in [0.5, 0.6) is 11.5 Å². The van der Waals surface area contributed by atoms with Gasteiger partial charge in [0.15, 0.2) is 11.5 Å². The van der Waals surface area contributed by atoms with Crippen molar-refractivity contribution in [3.8, 4) is 11.5 Å². The summed E-state index contributed by atoms with van der Waals surface area (Å²) in [5.74, 6) is -2.04. The van der Waals surface area contributed by atoms with Crippen molar-refractivity contribution in [3.05, 3.63) is 52.5 Å². The number of carbonyl (C=O) groups excluding carboxylic acids is 3. The molecule has 1 spiro atoms. The van der Waals surface area contributed by atoms with E-state index in [1.54, 1.807) is 44.4 Å². The van der Waals surface area contributed by atoms with Crippen molar-refractivity contribution >= 4 is 35.0 Å². The molecule has 184 valence electrons. The number of nitrogens with zero attached hydrogens (tertiary/aromatic N) is 1. The smallest absolute Gasteiger partial charge is 0.250 e. The molecule has 2 saturated heterocycles. The molecule has 2 fully saturated rings. The lowest BCUT2D eigenvalue weighted by molar-refractivity contribution is -0.143. The number of rotatable bonds is 6. The first-order chi connectivity index (χ1) is 16.7. The molecule has 2 aromatic carbocycles. The molecule has 2 aromatic rings. The number of halogens is 1. The number of imide groups is 1. The van der Waals surface area contributed by atoms with Gasteiger partial charge in [0.25, 0.3) is 0 Å². The Morgan fingerprint density at radius 1 is 1.09 bits per heavy atom. The molecule has 35 heavy (non-hydrogen) atoms. The Bertz CT molecular complexity index is 1230. The second kappa shape index (κ2) is 8.51. The summed E-state index contributed by atoms with van der Waals surface area (Å²) >= 11 is 6.23. The summed E-state index contributed by atoms with van der Waals surface area (Å²) < 4.78 is 10.6. The normalized spacial score (nSPS) is 27.7. The quantitative estimate of drug-likeness (QED) is 0.518. The molecule has 5 rings (SSSR count). The van der Waals surface area contributed by atoms with E-state index < -0.39 is 47.2 Å². The van der Waals surface area contributed by atoms with Gasteiger partial charge in [0.1, 0.15) is 5.54 Å². The highest BCUT2D eigenvalue weighted by Crippen LogP contribution is 2.53. The fraction of sp³-hybridized carbons (Fsp3) is 0.400. The first kappa shape index (κ1) is 23.6. The van der Waals surface area contributed by atoms with E-state index in [-0.39, 0.29) is 6.54 Å². The summed E-state index contributed by atoms with van der Waals surface area (Å²) in [6, 6.07) is 9.59. The summed E-state index contributed by atoms with van der Waals surface area (Å²) in [4.78, 5) is 41.8. The van der Waals surface area contributed by atoms with Crippen LogP contribution < -0.4 is 20.1 Å². The molecule has 3 N–H and O–H groups in total. The average molecular weight is 500 g/mol. The van der Waals surface area contributed by atoms with E-state index in [0.29, 0.717) is 34.2 Å². The Labute approximate surface area is 207 Å². The highest BCUT2D eigenvalue weighted by molar-refractivity contribution is 6.31. The first-order valence-electron chi connectivity index (χ1n) is 11.4. The second-order valence-electron chi connectivity index (χ2n) is 9.13. The Balaban J connectivity index is 1.49. The van der Waals surface area contributed by atoms with Gasteiger partial charge in [0.2, 0.25) is 17.7 Å². The van der Waals surface area contributed by atoms with Gasteiger partial charge in [-0.15, -0.1) is 0 Å². The Kier molecular flexibility index (Phi) is 5.74. The molecular formula is C25H26ClN3O6. The van der Waals surface area contributed by atoms with Crippen LogP contribution in [0, 0.1) is 11.8 Å². The molecule has 9 nitrogen and oxygen atoms in total. The minimum absolute atomic E-state index is 0.132. The number of nitrogens with one attached hydrogen (secondary N) is 2. The van der Waals surface area contributed by atoms with E-state index in [4.69, 9.17) is 21.1 Å². The van der Waals surface area contributed by atoms with Gasteiger partial charge in [-0.3, -0.25) is 24.6 Å². The lowest BCUT2D eigenvalue weighted by atomic mass is 9.76. The van der Waals surface area contributed by atoms with Crippen LogP contribution in [0.2, 0.25) is 5.02 Å². The molecule has 5 atom stereocenters. The van der Waals surface area contributed by atoms with E-state index in [9.17, 15) is 19.5 Å². The highest BCUT2D eigenvalue weighted by atomic mass is 35.5. The Morgan fingerprint density at radius 2 is 1.83 bits per heavy atom. The molecule has 0 aliphatic carbocycles. The van der Waals surface area contributed by atoms with Crippen LogP contribution in [0.25, 0.3) is 0 Å². The molecule has 0 saturated carbocycles. The SMILES string of the molecule is COc1ccc(CCN2C(=O)[C@@H]3[C@H]([C@@H](C)O)N[C@@]4(C(=O)Nc5ccc(Cl)cc54)[C@@H]3C2=O)cc1OC. The van der Waals surface area contributed by atoms with E-state index in [1.807, 2.05) is 6.07 Å². The monoisotopic (exact) mass is 499 g/mol. The Hall–Kier alpha value is -3.14. The summed E-state index contributed by atoms with van der Waals surface area (Å²) in [6.07, 6.45) is -0.577. The molecule has 10 heteroatoms. The van der Waals surface area contributed by atoms with Crippen LogP contribution in [0.4, 0.5) is 5.69 Å². The van der Waals surface area contributed by atoms with E-state index in [1.165, 1.54) is 12.0 Å². The summed E-state index contributed by atoms with van der Waals surface area (Å²) in [6.45, 7) is 1.68. The number of hydrogen-bond acceptors (Lipinski definition) is 7. The van der Waals surface area contributed by atoms with Crippen molar-refractivity contribution in [3.63, 3.8) is 0 Å². The number of fused-ring (bicyclic) bond motifs is 4. The lowest BCUT2D eigenvalue weighted by Crippen LogP contribution is -2.55. The molecule has 0 radical (unpaired) electrons. The fourth-order valence-corrected chi connectivity index (χ4v) is 5.85. The van der Waals surface area contributed by atoms with E-state index >= 15 is 0 Å². The van der Waals surface area contributed by atoms with Crippen molar-refractivity contribution in [1.29, 1.82) is 0 Å². The van der Waals surface area contributed by atoms with Crippen LogP contribution in [0.3, 0.4) is 0 Å².